The van der Waals surface area contributed by atoms with Gasteiger partial charge in [0.25, 0.3) is 0 Å². The van der Waals surface area contributed by atoms with Crippen LogP contribution in [0.15, 0.2) is 42.5 Å². The zero-order valence-corrected chi connectivity index (χ0v) is 12.5. The van der Waals surface area contributed by atoms with E-state index in [0.717, 1.165) is 24.0 Å². The Labute approximate surface area is 128 Å². The fourth-order valence-electron chi connectivity index (χ4n) is 2.24. The lowest BCUT2D eigenvalue weighted by molar-refractivity contribution is 0.530. The molecule has 0 radical (unpaired) electrons. The number of nitrogens with two attached hydrogens (primary N) is 1. The second-order valence-electron chi connectivity index (χ2n) is 4.89. The van der Waals surface area contributed by atoms with Gasteiger partial charge in [-0.15, -0.1) is 0 Å². The first-order chi connectivity index (χ1) is 9.58. The molecule has 0 aliphatic heterocycles. The van der Waals surface area contributed by atoms with E-state index >= 15 is 0 Å². The SMILES string of the molecule is NCC(Cc1cccc(F)c1)Cc1ccc(Cl)c(Cl)c1. The monoisotopic (exact) mass is 311 g/mol. The summed E-state index contributed by atoms with van der Waals surface area (Å²) in [5.74, 6) is 0.0295. The number of halogens is 3. The van der Waals surface area contributed by atoms with Crippen molar-refractivity contribution in [2.75, 3.05) is 6.54 Å². The van der Waals surface area contributed by atoms with Crippen molar-refractivity contribution in [3.05, 3.63) is 69.5 Å². The van der Waals surface area contributed by atoms with Gasteiger partial charge >= 0.3 is 0 Å². The van der Waals surface area contributed by atoms with Crippen LogP contribution in [-0.2, 0) is 12.8 Å². The van der Waals surface area contributed by atoms with Crippen LogP contribution in [0.4, 0.5) is 4.39 Å². The minimum absolute atomic E-state index is 0.215. The Morgan fingerprint density at radius 2 is 1.65 bits per heavy atom. The summed E-state index contributed by atoms with van der Waals surface area (Å²) in [5.41, 5.74) is 7.87. The Morgan fingerprint density at radius 3 is 2.25 bits per heavy atom. The number of rotatable bonds is 5. The van der Waals surface area contributed by atoms with Gasteiger partial charge < -0.3 is 5.73 Å². The van der Waals surface area contributed by atoms with Crippen LogP contribution in [0, 0.1) is 11.7 Å². The molecule has 0 aromatic heterocycles. The van der Waals surface area contributed by atoms with Crippen molar-refractivity contribution in [1.82, 2.24) is 0 Å². The van der Waals surface area contributed by atoms with Gasteiger partial charge in [-0.2, -0.15) is 0 Å². The molecule has 0 spiro atoms. The lowest BCUT2D eigenvalue weighted by Gasteiger charge is -2.15. The highest BCUT2D eigenvalue weighted by molar-refractivity contribution is 6.42. The smallest absolute Gasteiger partial charge is 0.123 e. The Bertz CT molecular complexity index is 586. The molecule has 0 amide bonds. The Balaban J connectivity index is 2.07. The van der Waals surface area contributed by atoms with E-state index < -0.39 is 0 Å². The molecule has 106 valence electrons. The van der Waals surface area contributed by atoms with Gasteiger partial charge in [0.1, 0.15) is 5.82 Å². The molecule has 0 bridgehead atoms. The highest BCUT2D eigenvalue weighted by atomic mass is 35.5. The third-order valence-corrected chi connectivity index (χ3v) is 3.99. The molecule has 2 aromatic rings. The van der Waals surface area contributed by atoms with Crippen LogP contribution >= 0.6 is 23.2 Å². The van der Waals surface area contributed by atoms with Crippen molar-refractivity contribution < 1.29 is 4.39 Å². The Morgan fingerprint density at radius 1 is 0.950 bits per heavy atom. The molecule has 0 aliphatic carbocycles. The first-order valence-corrected chi connectivity index (χ1v) is 7.22. The van der Waals surface area contributed by atoms with Crippen molar-refractivity contribution in [2.24, 2.45) is 11.7 Å². The molecule has 0 aliphatic rings. The highest BCUT2D eigenvalue weighted by Crippen LogP contribution is 2.24. The van der Waals surface area contributed by atoms with Crippen LogP contribution in [0.5, 0.6) is 0 Å². The van der Waals surface area contributed by atoms with Gasteiger partial charge in [-0.25, -0.2) is 4.39 Å². The summed E-state index contributed by atoms with van der Waals surface area (Å²) in [4.78, 5) is 0. The molecule has 0 saturated heterocycles. The fourth-order valence-corrected chi connectivity index (χ4v) is 2.56. The fraction of sp³-hybridized carbons (Fsp3) is 0.250. The summed E-state index contributed by atoms with van der Waals surface area (Å²) < 4.78 is 13.2. The van der Waals surface area contributed by atoms with E-state index in [-0.39, 0.29) is 11.7 Å². The molecule has 2 rings (SSSR count). The van der Waals surface area contributed by atoms with Crippen LogP contribution < -0.4 is 5.73 Å². The molecular formula is C16H16Cl2FN. The van der Waals surface area contributed by atoms with Gasteiger partial charge in [-0.1, -0.05) is 41.4 Å². The van der Waals surface area contributed by atoms with Gasteiger partial charge in [0, 0.05) is 0 Å². The van der Waals surface area contributed by atoms with Crippen LogP contribution in [0.3, 0.4) is 0 Å². The largest absolute Gasteiger partial charge is 0.330 e. The summed E-state index contributed by atoms with van der Waals surface area (Å²) in [5, 5.41) is 1.09. The van der Waals surface area contributed by atoms with Crippen LogP contribution in [0.1, 0.15) is 11.1 Å². The van der Waals surface area contributed by atoms with Crippen LogP contribution in [0.2, 0.25) is 10.0 Å². The topological polar surface area (TPSA) is 26.0 Å². The van der Waals surface area contributed by atoms with Gasteiger partial charge in [0.15, 0.2) is 0 Å². The molecule has 2 N–H and O–H groups in total. The highest BCUT2D eigenvalue weighted by Gasteiger charge is 2.10. The number of hydrogen-bond acceptors (Lipinski definition) is 1. The van der Waals surface area contributed by atoms with E-state index in [1.165, 1.54) is 6.07 Å². The maximum Gasteiger partial charge on any atom is 0.123 e. The van der Waals surface area contributed by atoms with Gasteiger partial charge in [-0.05, 0) is 60.7 Å². The number of benzene rings is 2. The summed E-state index contributed by atoms with van der Waals surface area (Å²) in [6.45, 7) is 0.538. The van der Waals surface area contributed by atoms with Crippen molar-refractivity contribution in [3.63, 3.8) is 0 Å². The maximum atomic E-state index is 13.2. The molecular weight excluding hydrogens is 296 g/mol. The molecule has 20 heavy (non-hydrogen) atoms. The first kappa shape index (κ1) is 15.3. The Kier molecular flexibility index (Phi) is 5.41. The van der Waals surface area contributed by atoms with E-state index in [2.05, 4.69) is 0 Å². The second-order valence-corrected chi connectivity index (χ2v) is 5.70. The zero-order chi connectivity index (χ0) is 14.5. The van der Waals surface area contributed by atoms with E-state index in [1.807, 2.05) is 18.2 Å². The maximum absolute atomic E-state index is 13.2. The Hall–Kier alpha value is -1.09. The van der Waals surface area contributed by atoms with Gasteiger partial charge in [0.05, 0.1) is 10.0 Å². The molecule has 4 heteroatoms. The zero-order valence-electron chi connectivity index (χ0n) is 11.0. The van der Waals surface area contributed by atoms with Crippen LogP contribution in [0.25, 0.3) is 0 Å². The van der Waals surface area contributed by atoms with Crippen molar-refractivity contribution in [3.8, 4) is 0 Å². The minimum atomic E-state index is -0.215. The molecule has 1 nitrogen and oxygen atoms in total. The average molecular weight is 312 g/mol. The molecule has 1 atom stereocenters. The van der Waals surface area contributed by atoms with Crippen molar-refractivity contribution >= 4 is 23.2 Å². The number of hydrogen-bond donors (Lipinski definition) is 1. The van der Waals surface area contributed by atoms with E-state index in [9.17, 15) is 4.39 Å². The summed E-state index contributed by atoms with van der Waals surface area (Å²) in [6, 6.07) is 12.2. The molecule has 0 fully saturated rings. The van der Waals surface area contributed by atoms with E-state index in [0.29, 0.717) is 16.6 Å². The lowest BCUT2D eigenvalue weighted by Crippen LogP contribution is -2.19. The normalized spacial score (nSPS) is 12.4. The lowest BCUT2D eigenvalue weighted by atomic mass is 9.92. The predicted molar refractivity (Wildman–Crippen MR) is 82.8 cm³/mol. The van der Waals surface area contributed by atoms with Gasteiger partial charge in [0.2, 0.25) is 0 Å². The summed E-state index contributed by atoms with van der Waals surface area (Å²) in [6.07, 6.45) is 1.54. The second kappa shape index (κ2) is 7.07. The molecule has 1 unspecified atom stereocenters. The molecule has 0 saturated carbocycles. The van der Waals surface area contributed by atoms with Crippen molar-refractivity contribution in [1.29, 1.82) is 0 Å². The standard InChI is InChI=1S/C16H16Cl2FN/c17-15-5-4-12(9-16(15)18)7-13(10-20)6-11-2-1-3-14(19)8-11/h1-5,8-9,13H,6-7,10,20H2. The van der Waals surface area contributed by atoms with Gasteiger partial charge in [-0.3, -0.25) is 0 Å². The van der Waals surface area contributed by atoms with E-state index in [4.69, 9.17) is 28.9 Å². The quantitative estimate of drug-likeness (QED) is 0.865. The third-order valence-electron chi connectivity index (χ3n) is 3.26. The van der Waals surface area contributed by atoms with Crippen LogP contribution in [-0.4, -0.2) is 6.54 Å². The minimum Gasteiger partial charge on any atom is -0.330 e. The first-order valence-electron chi connectivity index (χ1n) is 6.47. The van der Waals surface area contributed by atoms with E-state index in [1.54, 1.807) is 18.2 Å². The summed E-state index contributed by atoms with van der Waals surface area (Å²) >= 11 is 11.9. The molecule has 0 heterocycles. The average Bonchev–Trinajstić information content (AvgIpc) is 2.42. The van der Waals surface area contributed by atoms with Crippen molar-refractivity contribution in [2.45, 2.75) is 12.8 Å². The predicted octanol–water partition coefficient (Wildman–Crippen LogP) is 4.49. The third kappa shape index (κ3) is 4.20. The molecule has 2 aromatic carbocycles. The summed E-state index contributed by atoms with van der Waals surface area (Å²) in [7, 11) is 0.